The van der Waals surface area contributed by atoms with Crippen molar-refractivity contribution < 1.29 is 4.79 Å². The fraction of sp³-hybridized carbons (Fsp3) is 0.429. The Morgan fingerprint density at radius 1 is 1.45 bits per heavy atom. The minimum absolute atomic E-state index is 0.0159. The van der Waals surface area contributed by atoms with Crippen LogP contribution in [0.1, 0.15) is 25.7 Å². The molecule has 0 unspecified atom stereocenters. The molecule has 1 saturated carbocycles. The van der Waals surface area contributed by atoms with E-state index >= 15 is 0 Å². The SMILES string of the molecule is Nc1nc2cc(Cl)ccc2n1CC(=O)NC1CCCC1. The van der Waals surface area contributed by atoms with Crippen molar-refractivity contribution in [2.45, 2.75) is 38.3 Å². The van der Waals surface area contributed by atoms with E-state index in [0.717, 1.165) is 18.4 Å². The topological polar surface area (TPSA) is 72.9 Å². The van der Waals surface area contributed by atoms with Gasteiger partial charge in [0.05, 0.1) is 11.0 Å². The number of hydrogen-bond donors (Lipinski definition) is 2. The Labute approximate surface area is 122 Å². The van der Waals surface area contributed by atoms with Gasteiger partial charge < -0.3 is 15.6 Å². The van der Waals surface area contributed by atoms with Gasteiger partial charge in [0.15, 0.2) is 0 Å². The van der Waals surface area contributed by atoms with Gasteiger partial charge in [-0.05, 0) is 31.0 Å². The lowest BCUT2D eigenvalue weighted by Crippen LogP contribution is -2.35. The molecule has 1 aromatic heterocycles. The molecule has 1 aliphatic carbocycles. The zero-order valence-electron chi connectivity index (χ0n) is 11.1. The van der Waals surface area contributed by atoms with Crippen molar-refractivity contribution in [1.29, 1.82) is 0 Å². The Kier molecular flexibility index (Phi) is 3.53. The summed E-state index contributed by atoms with van der Waals surface area (Å²) in [5.41, 5.74) is 7.43. The molecule has 1 fully saturated rings. The highest BCUT2D eigenvalue weighted by Gasteiger charge is 2.18. The number of nitrogens with zero attached hydrogens (tertiary/aromatic N) is 2. The average molecular weight is 293 g/mol. The number of carbonyl (C=O) groups is 1. The monoisotopic (exact) mass is 292 g/mol. The number of rotatable bonds is 3. The summed E-state index contributed by atoms with van der Waals surface area (Å²) in [6.45, 7) is 0.195. The highest BCUT2D eigenvalue weighted by atomic mass is 35.5. The van der Waals surface area contributed by atoms with E-state index < -0.39 is 0 Å². The second-order valence-electron chi connectivity index (χ2n) is 5.24. The highest BCUT2D eigenvalue weighted by Crippen LogP contribution is 2.22. The Morgan fingerprint density at radius 3 is 2.95 bits per heavy atom. The average Bonchev–Trinajstić information content (AvgIpc) is 2.98. The van der Waals surface area contributed by atoms with Gasteiger partial charge in [-0.15, -0.1) is 0 Å². The summed E-state index contributed by atoms with van der Waals surface area (Å²) < 4.78 is 1.72. The van der Waals surface area contributed by atoms with Crippen LogP contribution < -0.4 is 11.1 Å². The van der Waals surface area contributed by atoms with Crippen LogP contribution in [-0.2, 0) is 11.3 Å². The molecule has 20 heavy (non-hydrogen) atoms. The number of nitrogens with two attached hydrogens (primary N) is 1. The number of imidazole rings is 1. The van der Waals surface area contributed by atoms with Gasteiger partial charge in [-0.3, -0.25) is 4.79 Å². The third kappa shape index (κ3) is 2.58. The van der Waals surface area contributed by atoms with Crippen LogP contribution in [0.5, 0.6) is 0 Å². The molecule has 0 radical (unpaired) electrons. The van der Waals surface area contributed by atoms with Gasteiger partial charge in [0.1, 0.15) is 6.54 Å². The number of benzene rings is 1. The predicted molar refractivity (Wildman–Crippen MR) is 79.6 cm³/mol. The molecule has 1 heterocycles. The van der Waals surface area contributed by atoms with Crippen LogP contribution in [0.2, 0.25) is 5.02 Å². The fourth-order valence-corrected chi connectivity index (χ4v) is 2.94. The van der Waals surface area contributed by atoms with Gasteiger partial charge in [-0.2, -0.15) is 0 Å². The highest BCUT2D eigenvalue weighted by molar-refractivity contribution is 6.31. The molecule has 0 saturated heterocycles. The summed E-state index contributed by atoms with van der Waals surface area (Å²) in [5.74, 6) is 0.321. The number of nitrogen functional groups attached to an aromatic ring is 1. The Morgan fingerprint density at radius 2 is 2.20 bits per heavy atom. The van der Waals surface area contributed by atoms with Crippen molar-refractivity contribution in [3.05, 3.63) is 23.2 Å². The van der Waals surface area contributed by atoms with Crippen LogP contribution >= 0.6 is 11.6 Å². The number of aromatic nitrogens is 2. The molecular formula is C14H17ClN4O. The van der Waals surface area contributed by atoms with Crippen molar-refractivity contribution in [2.24, 2.45) is 0 Å². The summed E-state index contributed by atoms with van der Waals surface area (Å²) in [5, 5.41) is 3.66. The number of amides is 1. The zero-order valence-corrected chi connectivity index (χ0v) is 11.9. The van der Waals surface area contributed by atoms with Gasteiger partial charge in [-0.25, -0.2) is 4.98 Å². The Balaban J connectivity index is 1.79. The first kappa shape index (κ1) is 13.2. The molecule has 0 bridgehead atoms. The van der Waals surface area contributed by atoms with Crippen LogP contribution in [0, 0.1) is 0 Å². The number of carbonyl (C=O) groups excluding carboxylic acids is 1. The summed E-state index contributed by atoms with van der Waals surface area (Å²) in [4.78, 5) is 16.3. The minimum Gasteiger partial charge on any atom is -0.369 e. The van der Waals surface area contributed by atoms with Gasteiger partial charge in [0, 0.05) is 11.1 Å². The van der Waals surface area contributed by atoms with Crippen LogP contribution in [0.15, 0.2) is 18.2 Å². The summed E-state index contributed by atoms with van der Waals surface area (Å²) in [6.07, 6.45) is 4.53. The zero-order chi connectivity index (χ0) is 14.1. The van der Waals surface area contributed by atoms with Crippen LogP contribution in [-0.4, -0.2) is 21.5 Å². The normalized spacial score (nSPS) is 15.8. The van der Waals surface area contributed by atoms with E-state index in [4.69, 9.17) is 17.3 Å². The smallest absolute Gasteiger partial charge is 0.240 e. The molecule has 0 spiro atoms. The summed E-state index contributed by atoms with van der Waals surface area (Å²) in [6, 6.07) is 5.67. The van der Waals surface area contributed by atoms with E-state index in [9.17, 15) is 4.79 Å². The molecule has 106 valence electrons. The van der Waals surface area contributed by atoms with Gasteiger partial charge >= 0.3 is 0 Å². The van der Waals surface area contributed by atoms with Crippen LogP contribution in [0.25, 0.3) is 11.0 Å². The Hall–Kier alpha value is -1.75. The van der Waals surface area contributed by atoms with E-state index in [1.165, 1.54) is 12.8 Å². The molecule has 2 aromatic rings. The largest absolute Gasteiger partial charge is 0.369 e. The van der Waals surface area contributed by atoms with Crippen LogP contribution in [0.3, 0.4) is 0 Å². The molecule has 6 heteroatoms. The number of halogens is 1. The summed E-state index contributed by atoms with van der Waals surface area (Å²) in [7, 11) is 0. The molecule has 1 aromatic carbocycles. The van der Waals surface area contributed by atoms with E-state index in [2.05, 4.69) is 10.3 Å². The van der Waals surface area contributed by atoms with E-state index in [1.807, 2.05) is 6.07 Å². The molecule has 1 aliphatic rings. The molecule has 1 amide bonds. The van der Waals surface area contributed by atoms with E-state index in [1.54, 1.807) is 16.7 Å². The predicted octanol–water partition coefficient (Wildman–Crippen LogP) is 2.33. The van der Waals surface area contributed by atoms with Crippen molar-refractivity contribution in [3.63, 3.8) is 0 Å². The Bertz CT molecular complexity index is 646. The van der Waals surface area contributed by atoms with Crippen molar-refractivity contribution >= 4 is 34.5 Å². The van der Waals surface area contributed by atoms with Crippen molar-refractivity contribution in [2.75, 3.05) is 5.73 Å². The second kappa shape index (κ2) is 5.32. The first-order valence-corrected chi connectivity index (χ1v) is 7.22. The molecule has 5 nitrogen and oxygen atoms in total. The van der Waals surface area contributed by atoms with Gasteiger partial charge in [0.2, 0.25) is 11.9 Å². The first-order chi connectivity index (χ1) is 9.63. The quantitative estimate of drug-likeness (QED) is 0.912. The summed E-state index contributed by atoms with van der Waals surface area (Å²) >= 11 is 5.93. The molecule has 0 aliphatic heterocycles. The molecule has 3 N–H and O–H groups in total. The number of nitrogens with one attached hydrogen (secondary N) is 1. The minimum atomic E-state index is -0.0159. The fourth-order valence-electron chi connectivity index (χ4n) is 2.77. The lowest BCUT2D eigenvalue weighted by atomic mass is 10.2. The van der Waals surface area contributed by atoms with Gasteiger partial charge in [-0.1, -0.05) is 24.4 Å². The maximum Gasteiger partial charge on any atom is 0.240 e. The standard InChI is InChI=1S/C14H17ClN4O/c15-9-5-6-12-11(7-9)18-14(16)19(12)8-13(20)17-10-3-1-2-4-10/h5-7,10H,1-4,8H2,(H2,16,18)(H,17,20). The van der Waals surface area contributed by atoms with Crippen molar-refractivity contribution in [3.8, 4) is 0 Å². The van der Waals surface area contributed by atoms with E-state index in [0.29, 0.717) is 22.5 Å². The lowest BCUT2D eigenvalue weighted by molar-refractivity contribution is -0.122. The first-order valence-electron chi connectivity index (χ1n) is 6.84. The number of hydrogen-bond acceptors (Lipinski definition) is 3. The van der Waals surface area contributed by atoms with E-state index in [-0.39, 0.29) is 12.5 Å². The third-order valence-electron chi connectivity index (χ3n) is 3.76. The lowest BCUT2D eigenvalue weighted by Gasteiger charge is -2.13. The maximum absolute atomic E-state index is 12.1. The number of anilines is 1. The van der Waals surface area contributed by atoms with Gasteiger partial charge in [0.25, 0.3) is 0 Å². The second-order valence-corrected chi connectivity index (χ2v) is 5.67. The molecular weight excluding hydrogens is 276 g/mol. The third-order valence-corrected chi connectivity index (χ3v) is 4.00. The number of fused-ring (bicyclic) bond motifs is 1. The van der Waals surface area contributed by atoms with Crippen molar-refractivity contribution in [1.82, 2.24) is 14.9 Å². The van der Waals surface area contributed by atoms with Crippen LogP contribution in [0.4, 0.5) is 5.95 Å². The maximum atomic E-state index is 12.1. The molecule has 0 atom stereocenters. The molecule has 3 rings (SSSR count).